The van der Waals surface area contributed by atoms with Gasteiger partial charge in [-0.25, -0.2) is 0 Å². The second-order valence-electron chi connectivity index (χ2n) is 19.3. The zero-order valence-corrected chi connectivity index (χ0v) is 41.6. The van der Waals surface area contributed by atoms with E-state index in [4.69, 9.17) is 14.2 Å². The Labute approximate surface area is 380 Å². The third-order valence-electron chi connectivity index (χ3n) is 12.5. The summed E-state index contributed by atoms with van der Waals surface area (Å²) < 4.78 is 16.8. The van der Waals surface area contributed by atoms with Gasteiger partial charge in [-0.15, -0.1) is 0 Å². The molecule has 0 saturated carbocycles. The molecule has 6 heteroatoms. The van der Waals surface area contributed by atoms with Gasteiger partial charge in [0, 0.05) is 19.3 Å². The molecule has 0 spiro atoms. The van der Waals surface area contributed by atoms with Gasteiger partial charge < -0.3 is 14.2 Å². The molecular formula is C55H106O6. The second-order valence-corrected chi connectivity index (χ2v) is 19.3. The molecule has 0 aromatic carbocycles. The average molecular weight is 863 g/mol. The summed E-state index contributed by atoms with van der Waals surface area (Å²) in [7, 11) is 0. The molecule has 0 rings (SSSR count). The molecule has 0 unspecified atom stereocenters. The van der Waals surface area contributed by atoms with Gasteiger partial charge in [-0.1, -0.05) is 272 Å². The molecule has 0 aliphatic carbocycles. The number of rotatable bonds is 50. The first-order chi connectivity index (χ1) is 29.9. The molecular weight excluding hydrogens is 757 g/mol. The van der Waals surface area contributed by atoms with Crippen LogP contribution in [-0.2, 0) is 28.6 Å². The Morgan fingerprint density at radius 2 is 0.541 bits per heavy atom. The van der Waals surface area contributed by atoms with E-state index in [1.807, 2.05) is 0 Å². The first-order valence-corrected chi connectivity index (χ1v) is 27.4. The molecule has 0 aliphatic heterocycles. The van der Waals surface area contributed by atoms with Gasteiger partial charge in [-0.2, -0.15) is 0 Å². The average Bonchev–Trinajstić information content (AvgIpc) is 3.24. The fraction of sp³-hybridized carbons (Fsp3) is 0.945. The summed E-state index contributed by atoms with van der Waals surface area (Å²) in [5, 5.41) is 0. The van der Waals surface area contributed by atoms with Crippen molar-refractivity contribution in [3.8, 4) is 0 Å². The van der Waals surface area contributed by atoms with E-state index in [-0.39, 0.29) is 31.1 Å². The summed E-state index contributed by atoms with van der Waals surface area (Å²) in [5.41, 5.74) is 0. The second kappa shape index (κ2) is 49.4. The van der Waals surface area contributed by atoms with Crippen molar-refractivity contribution in [1.82, 2.24) is 0 Å². The fourth-order valence-corrected chi connectivity index (χ4v) is 8.39. The lowest BCUT2D eigenvalue weighted by Crippen LogP contribution is -2.30. The van der Waals surface area contributed by atoms with Crippen LogP contribution >= 0.6 is 0 Å². The maximum Gasteiger partial charge on any atom is 0.306 e. The molecule has 0 bridgehead atoms. The summed E-state index contributed by atoms with van der Waals surface area (Å²) >= 11 is 0. The lowest BCUT2D eigenvalue weighted by Gasteiger charge is -2.18. The van der Waals surface area contributed by atoms with Crippen LogP contribution in [0.1, 0.15) is 310 Å². The Morgan fingerprint density at radius 1 is 0.311 bits per heavy atom. The summed E-state index contributed by atoms with van der Waals surface area (Å²) in [6, 6.07) is 0. The zero-order valence-electron chi connectivity index (χ0n) is 41.6. The van der Waals surface area contributed by atoms with Crippen LogP contribution in [0.25, 0.3) is 0 Å². The van der Waals surface area contributed by atoms with Gasteiger partial charge in [-0.05, 0) is 25.2 Å². The molecule has 0 saturated heterocycles. The Bertz CT molecular complexity index is 918. The van der Waals surface area contributed by atoms with Gasteiger partial charge in [0.15, 0.2) is 6.10 Å². The Hall–Kier alpha value is -1.59. The molecule has 0 amide bonds. The van der Waals surface area contributed by atoms with Crippen LogP contribution in [0.3, 0.4) is 0 Å². The normalized spacial score (nSPS) is 12.0. The van der Waals surface area contributed by atoms with Crippen molar-refractivity contribution in [2.75, 3.05) is 13.2 Å². The van der Waals surface area contributed by atoms with E-state index in [0.29, 0.717) is 19.3 Å². The molecule has 0 heterocycles. The number of hydrogen-bond acceptors (Lipinski definition) is 6. The van der Waals surface area contributed by atoms with E-state index >= 15 is 0 Å². The summed E-state index contributed by atoms with van der Waals surface area (Å²) in [5.74, 6) is -0.00716. The number of carbonyl (C=O) groups is 3. The predicted molar refractivity (Wildman–Crippen MR) is 261 cm³/mol. The highest BCUT2D eigenvalue weighted by atomic mass is 16.6. The highest BCUT2D eigenvalue weighted by molar-refractivity contribution is 5.71. The molecule has 0 fully saturated rings. The van der Waals surface area contributed by atoms with Crippen molar-refractivity contribution >= 4 is 17.9 Å². The monoisotopic (exact) mass is 863 g/mol. The Balaban J connectivity index is 4.31. The minimum atomic E-state index is -0.761. The van der Waals surface area contributed by atoms with Crippen molar-refractivity contribution in [3.63, 3.8) is 0 Å². The summed E-state index contributed by atoms with van der Waals surface area (Å²) in [6.45, 7) is 9.04. The predicted octanol–water partition coefficient (Wildman–Crippen LogP) is 17.8. The van der Waals surface area contributed by atoms with Crippen LogP contribution in [0.5, 0.6) is 0 Å². The minimum absolute atomic E-state index is 0.0622. The van der Waals surface area contributed by atoms with Gasteiger partial charge in [-0.3, -0.25) is 14.4 Å². The van der Waals surface area contributed by atoms with E-state index in [1.165, 1.54) is 205 Å². The lowest BCUT2D eigenvalue weighted by molar-refractivity contribution is -0.167. The van der Waals surface area contributed by atoms with E-state index < -0.39 is 6.10 Å². The first kappa shape index (κ1) is 59.4. The molecule has 0 aliphatic rings. The number of unbranched alkanes of at least 4 members (excludes halogenated alkanes) is 37. The maximum atomic E-state index is 12.8. The number of carbonyl (C=O) groups excluding carboxylic acids is 3. The zero-order chi connectivity index (χ0) is 44.5. The van der Waals surface area contributed by atoms with Crippen molar-refractivity contribution in [3.05, 3.63) is 0 Å². The molecule has 362 valence electrons. The van der Waals surface area contributed by atoms with Crippen molar-refractivity contribution in [2.45, 2.75) is 316 Å². The van der Waals surface area contributed by atoms with E-state index in [9.17, 15) is 14.4 Å². The standard InChI is InChI=1S/C55H106O6/c1-5-7-9-11-13-15-17-19-20-22-27-31-35-39-43-47-54(57)60-50-52(49-59-53(56)46-42-38-34-30-26-21-18-16-14-12-10-8-6-2)61-55(58)48-44-40-36-32-28-24-23-25-29-33-37-41-45-51(3)4/h51-52H,5-50H2,1-4H3/t52-/m1/s1. The number of esters is 3. The molecule has 0 aromatic heterocycles. The summed E-state index contributed by atoms with van der Waals surface area (Å²) in [6.07, 6.45) is 52.3. The first-order valence-electron chi connectivity index (χ1n) is 27.4. The van der Waals surface area contributed by atoms with E-state index in [1.54, 1.807) is 0 Å². The number of ether oxygens (including phenoxy) is 3. The van der Waals surface area contributed by atoms with Crippen LogP contribution < -0.4 is 0 Å². The Kier molecular flexibility index (Phi) is 48.1. The SMILES string of the molecule is CCCCCCCCCCCCCCCCCC(=O)OC[C@@H](COC(=O)CCCCCCCCCCCCCCC)OC(=O)CCCCCCCCCCCCCCC(C)C. The van der Waals surface area contributed by atoms with Crippen LogP contribution in [0.15, 0.2) is 0 Å². The fourth-order valence-electron chi connectivity index (χ4n) is 8.39. The molecule has 0 aromatic rings. The van der Waals surface area contributed by atoms with Crippen LogP contribution in [0, 0.1) is 5.92 Å². The van der Waals surface area contributed by atoms with Crippen LogP contribution in [-0.4, -0.2) is 37.2 Å². The van der Waals surface area contributed by atoms with Crippen LogP contribution in [0.4, 0.5) is 0 Å². The number of hydrogen-bond donors (Lipinski definition) is 0. The van der Waals surface area contributed by atoms with Gasteiger partial charge in [0.1, 0.15) is 13.2 Å². The largest absolute Gasteiger partial charge is 0.462 e. The van der Waals surface area contributed by atoms with E-state index in [0.717, 1.165) is 63.7 Å². The van der Waals surface area contributed by atoms with Crippen molar-refractivity contribution < 1.29 is 28.6 Å². The smallest absolute Gasteiger partial charge is 0.306 e. The Morgan fingerprint density at radius 3 is 0.803 bits per heavy atom. The highest BCUT2D eigenvalue weighted by Crippen LogP contribution is 2.17. The third kappa shape index (κ3) is 49.3. The van der Waals surface area contributed by atoms with Gasteiger partial charge in [0.2, 0.25) is 0 Å². The van der Waals surface area contributed by atoms with Gasteiger partial charge in [0.25, 0.3) is 0 Å². The minimum Gasteiger partial charge on any atom is -0.462 e. The molecule has 6 nitrogen and oxygen atoms in total. The molecule has 0 radical (unpaired) electrons. The topological polar surface area (TPSA) is 78.9 Å². The molecule has 0 N–H and O–H groups in total. The van der Waals surface area contributed by atoms with Crippen molar-refractivity contribution in [2.24, 2.45) is 5.92 Å². The van der Waals surface area contributed by atoms with Crippen LogP contribution in [0.2, 0.25) is 0 Å². The molecule has 1 atom stereocenters. The highest BCUT2D eigenvalue weighted by Gasteiger charge is 2.19. The van der Waals surface area contributed by atoms with E-state index in [2.05, 4.69) is 27.7 Å². The van der Waals surface area contributed by atoms with Crippen molar-refractivity contribution in [1.29, 1.82) is 0 Å². The third-order valence-corrected chi connectivity index (χ3v) is 12.5. The van der Waals surface area contributed by atoms with Gasteiger partial charge >= 0.3 is 17.9 Å². The summed E-state index contributed by atoms with van der Waals surface area (Å²) in [4.78, 5) is 38.0. The van der Waals surface area contributed by atoms with Gasteiger partial charge in [0.05, 0.1) is 0 Å². The lowest BCUT2D eigenvalue weighted by atomic mass is 10.0. The maximum absolute atomic E-state index is 12.8. The molecule has 61 heavy (non-hydrogen) atoms. The quantitative estimate of drug-likeness (QED) is 0.0344.